The Morgan fingerprint density at radius 2 is 0.613 bits per heavy atom. The lowest BCUT2D eigenvalue weighted by molar-refractivity contribution is -0.156. The van der Waals surface area contributed by atoms with Crippen molar-refractivity contribution in [2.75, 3.05) is 139 Å². The number of thiazole rings is 4. The minimum atomic E-state index is -0.744. The highest BCUT2D eigenvalue weighted by molar-refractivity contribution is 9.10. The normalized spacial score (nSPS) is 15.2. The SMILES string of the molecule is C=Cc1cc(-c2cnc(N3CCC(C)(C(=O)OCC)CC3)nc2)cc2nc(NC(=O)NCC)sc12.CCNC(=O)Nc1nc2cc(-c3cnc(N4CCC(C)(C(=O)O)CC4)nc3)cc(CC)c2s1.CCNC(=O)Nc1nc2cc(-c3cnc(N4CCC(C)(C(=O)OCC)CC4)nc3)cc(Br)c2s1.CCNC(=O)Nc1nc2cc(-c3cnc(N4CCC(C)(C(=O)OCC)CC4)nc3)cc(CC)c2s1. The van der Waals surface area contributed by atoms with Gasteiger partial charge in [-0.15, -0.1) is 0 Å². The average molecular weight is 2010 g/mol. The molecule has 9 N–H and O–H groups in total. The van der Waals surface area contributed by atoms with Crippen molar-refractivity contribution in [2.24, 2.45) is 21.7 Å². The smallest absolute Gasteiger partial charge is 0.321 e. The van der Waals surface area contributed by atoms with Gasteiger partial charge < -0.3 is 60.2 Å². The molecule has 8 amide bonds. The number of urea groups is 4. The predicted octanol–water partition coefficient (Wildman–Crippen LogP) is 18.3. The first-order chi connectivity index (χ1) is 65.9. The van der Waals surface area contributed by atoms with Gasteiger partial charge in [-0.1, -0.05) is 71.8 Å². The van der Waals surface area contributed by atoms with E-state index >= 15 is 0 Å². The number of carboxylic acids is 1. The van der Waals surface area contributed by atoms with E-state index in [0.717, 1.165) is 119 Å². The number of halogens is 1. The fraction of sp³-hybridized carbons (Fsp3) is 0.438. The van der Waals surface area contributed by atoms with E-state index in [0.29, 0.717) is 194 Å². The lowest BCUT2D eigenvalue weighted by atomic mass is 9.80. The number of hydrogen-bond donors (Lipinski definition) is 9. The zero-order valence-electron chi connectivity index (χ0n) is 79.3. The number of aromatic nitrogens is 12. The summed E-state index contributed by atoms with van der Waals surface area (Å²) in [6.45, 7) is 37.6. The van der Waals surface area contributed by atoms with Crippen LogP contribution in [0.15, 0.2) is 109 Å². The second-order valence-corrected chi connectivity index (χ2v) is 39.2. The third-order valence-electron chi connectivity index (χ3n) is 24.6. The molecule has 0 unspecified atom stereocenters. The van der Waals surface area contributed by atoms with E-state index in [1.54, 1.807) is 50.2 Å². The number of benzene rings is 4. The van der Waals surface area contributed by atoms with Crippen molar-refractivity contribution in [2.45, 2.75) is 154 Å². The summed E-state index contributed by atoms with van der Waals surface area (Å²) in [6, 6.07) is 15.1. The van der Waals surface area contributed by atoms with Crippen LogP contribution in [-0.2, 0) is 46.2 Å². The molecule has 4 aromatic carbocycles. The Bertz CT molecular complexity index is 6310. The molecule has 41 heteroatoms. The minimum Gasteiger partial charge on any atom is -0.481 e. The van der Waals surface area contributed by atoms with E-state index in [9.17, 15) is 43.5 Å². The molecule has 4 aliphatic rings. The van der Waals surface area contributed by atoms with Crippen LogP contribution < -0.4 is 62.1 Å². The van der Waals surface area contributed by atoms with Gasteiger partial charge in [0.1, 0.15) is 0 Å². The molecule has 724 valence electrons. The second-order valence-electron chi connectivity index (χ2n) is 34.4. The third kappa shape index (κ3) is 24.8. The number of carboxylic acid groups (broad SMARTS) is 1. The number of esters is 3. The standard InChI is InChI=1S/C25H32N6O3S.C25H30N6O3S.C23H27BrN6O3S.C23H28N6O3S/c2*1-5-16-12-17(13-19-20(16)35-24(29-19)30-23(33)26-6-2)18-14-27-22(28-15-18)31-10-8-25(4,9-11-31)21(32)34-7-3;1-4-25-21(32)29-22-28-17-11-14(10-16(24)18(17)34-22)15-12-26-20(27-13-15)30-8-6-23(3,7-9-30)19(31)33-5-2;1-4-14-10-15(11-17-18(14)33-22(27-17)28-21(32)24-5-2)16-12-25-20(26-13-16)29-8-6-23(3,7-9-29)19(30)31/h12-15H,5-11H2,1-4H3,(H2,26,29,30,33);5,12-15H,1,6-11H2,2-4H3,(H2,26,29,30,33);10-13H,4-9H2,1-3H3,(H2,25,28,29,32);10-13H,4-9H2,1-3H3,(H,30,31)(H2,24,27,28,32). The molecule has 0 bridgehead atoms. The van der Waals surface area contributed by atoms with Gasteiger partial charge in [0.25, 0.3) is 0 Å². The lowest BCUT2D eigenvalue weighted by Gasteiger charge is -2.37. The van der Waals surface area contributed by atoms with Gasteiger partial charge in [0, 0.05) is 155 Å². The minimum absolute atomic E-state index is 0.121. The number of anilines is 8. The van der Waals surface area contributed by atoms with Crippen LogP contribution >= 0.6 is 61.3 Å². The van der Waals surface area contributed by atoms with E-state index in [2.05, 4.69) is 166 Å². The number of aliphatic carboxylic acids is 1. The van der Waals surface area contributed by atoms with Crippen molar-refractivity contribution in [1.29, 1.82) is 0 Å². The van der Waals surface area contributed by atoms with Crippen LogP contribution in [0.2, 0.25) is 0 Å². The molecule has 0 aliphatic carbocycles. The van der Waals surface area contributed by atoms with Gasteiger partial charge in [0.15, 0.2) is 20.5 Å². The van der Waals surface area contributed by atoms with Crippen molar-refractivity contribution in [3.63, 3.8) is 0 Å². The number of amides is 8. The van der Waals surface area contributed by atoms with E-state index < -0.39 is 27.6 Å². The van der Waals surface area contributed by atoms with Crippen molar-refractivity contribution < 1.29 is 57.7 Å². The topological polar surface area (TPSA) is 448 Å². The zero-order chi connectivity index (χ0) is 97.9. The Labute approximate surface area is 819 Å². The molecule has 8 aromatic heterocycles. The van der Waals surface area contributed by atoms with E-state index in [4.69, 9.17) is 14.2 Å². The fourth-order valence-corrected chi connectivity index (χ4v) is 20.6. The van der Waals surface area contributed by atoms with E-state index in [-0.39, 0.29) is 42.0 Å². The van der Waals surface area contributed by atoms with Crippen LogP contribution in [0.1, 0.15) is 158 Å². The highest BCUT2D eigenvalue weighted by Crippen LogP contribution is 2.43. The summed E-state index contributed by atoms with van der Waals surface area (Å²) in [4.78, 5) is 159. The first-order valence-electron chi connectivity index (χ1n) is 46.2. The molecule has 16 rings (SSSR count). The molecular formula is C96H117BrN24O12S4. The first kappa shape index (κ1) is 102. The summed E-state index contributed by atoms with van der Waals surface area (Å²) in [6.07, 6.45) is 23.3. The number of piperidine rings is 4. The average Bonchev–Trinajstić information content (AvgIpc) is 1.54. The van der Waals surface area contributed by atoms with Crippen molar-refractivity contribution in [3.8, 4) is 44.5 Å². The van der Waals surface area contributed by atoms with Crippen LogP contribution in [0.5, 0.6) is 0 Å². The third-order valence-corrected chi connectivity index (χ3v) is 29.7. The summed E-state index contributed by atoms with van der Waals surface area (Å²) >= 11 is 9.38. The number of nitrogens with one attached hydrogen (secondary N) is 8. The lowest BCUT2D eigenvalue weighted by Crippen LogP contribution is -2.44. The summed E-state index contributed by atoms with van der Waals surface area (Å²) in [5.41, 5.74) is 11.7. The summed E-state index contributed by atoms with van der Waals surface area (Å²) in [5.74, 6) is 1.46. The first-order valence-corrected chi connectivity index (χ1v) is 50.2. The molecule has 0 spiro atoms. The molecule has 4 saturated heterocycles. The number of fused-ring (bicyclic) bond motifs is 4. The number of carbonyl (C=O) groups excluding carboxylic acids is 7. The largest absolute Gasteiger partial charge is 0.481 e. The molecule has 12 heterocycles. The Kier molecular flexibility index (Phi) is 34.0. The Balaban J connectivity index is 0.000000154. The van der Waals surface area contributed by atoms with E-state index in [1.807, 2.05) is 123 Å². The fourth-order valence-electron chi connectivity index (χ4n) is 16.1. The molecule has 0 saturated carbocycles. The van der Waals surface area contributed by atoms with Gasteiger partial charge in [-0.05, 0) is 244 Å². The van der Waals surface area contributed by atoms with Crippen molar-refractivity contribution in [3.05, 3.63) is 126 Å². The van der Waals surface area contributed by atoms with Crippen LogP contribution in [0.3, 0.4) is 0 Å². The van der Waals surface area contributed by atoms with Crippen LogP contribution in [0.4, 0.5) is 63.5 Å². The Morgan fingerprint density at radius 3 is 0.876 bits per heavy atom. The maximum absolute atomic E-state index is 12.3. The van der Waals surface area contributed by atoms with Gasteiger partial charge in [-0.2, -0.15) is 0 Å². The molecule has 0 atom stereocenters. The number of aryl methyl sites for hydroxylation is 2. The number of rotatable bonds is 26. The molecule has 4 aliphatic heterocycles. The van der Waals surface area contributed by atoms with E-state index in [1.165, 1.54) is 45.3 Å². The molecule has 137 heavy (non-hydrogen) atoms. The number of carbonyl (C=O) groups is 8. The predicted molar refractivity (Wildman–Crippen MR) is 546 cm³/mol. The maximum atomic E-state index is 12.3. The van der Waals surface area contributed by atoms with Gasteiger partial charge >= 0.3 is 48.0 Å². The van der Waals surface area contributed by atoms with Gasteiger partial charge in [-0.3, -0.25) is 40.4 Å². The zero-order valence-corrected chi connectivity index (χ0v) is 84.2. The number of nitrogens with zero attached hydrogens (tertiary/aromatic N) is 16. The van der Waals surface area contributed by atoms with Crippen molar-refractivity contribution in [1.82, 2.24) is 81.1 Å². The Hall–Kier alpha value is -12.9. The highest BCUT2D eigenvalue weighted by Gasteiger charge is 2.43. The Morgan fingerprint density at radius 1 is 0.365 bits per heavy atom. The summed E-state index contributed by atoms with van der Waals surface area (Å²) < 4.78 is 20.7. The van der Waals surface area contributed by atoms with Crippen LogP contribution in [0.25, 0.3) is 91.5 Å². The van der Waals surface area contributed by atoms with Gasteiger partial charge in [0.05, 0.1) is 82.3 Å². The quantitative estimate of drug-likeness (QED) is 0.0180. The molecule has 4 fully saturated rings. The summed E-state index contributed by atoms with van der Waals surface area (Å²) in [7, 11) is 0. The van der Waals surface area contributed by atoms with Gasteiger partial charge in [0.2, 0.25) is 23.8 Å². The number of ether oxygens (including phenoxy) is 3. The maximum Gasteiger partial charge on any atom is 0.321 e. The van der Waals surface area contributed by atoms with Crippen LogP contribution in [-0.4, -0.2) is 211 Å². The molecule has 36 nitrogen and oxygen atoms in total. The number of hydrogen-bond acceptors (Lipinski definition) is 31. The van der Waals surface area contributed by atoms with Crippen molar-refractivity contribution >= 4 is 201 Å². The molecule has 12 aromatic rings. The molecule has 0 radical (unpaired) electrons. The monoisotopic (exact) mass is 2000 g/mol. The second kappa shape index (κ2) is 45.9. The summed E-state index contributed by atoms with van der Waals surface area (Å²) in [5, 5.41) is 33.6. The molecular weight excluding hydrogens is 1890 g/mol. The van der Waals surface area contributed by atoms with Gasteiger partial charge in [-0.25, -0.2) is 79.0 Å². The highest BCUT2D eigenvalue weighted by atomic mass is 79.9. The van der Waals surface area contributed by atoms with Crippen LogP contribution in [0, 0.1) is 21.7 Å².